The van der Waals surface area contributed by atoms with Crippen molar-refractivity contribution in [3.63, 3.8) is 0 Å². The van der Waals surface area contributed by atoms with Crippen LogP contribution < -0.4 is 19.5 Å². The van der Waals surface area contributed by atoms with Crippen LogP contribution in [0, 0.1) is 11.3 Å². The maximum Gasteiger partial charge on any atom is 0.266 e. The Bertz CT molecular complexity index is 1230. The number of nitrogens with zero attached hydrogens (tertiary/aromatic N) is 1. The smallest absolute Gasteiger partial charge is 0.266 e. The monoisotopic (exact) mass is 598 g/mol. The number of amides is 1. The summed E-state index contributed by atoms with van der Waals surface area (Å²) in [5.41, 5.74) is 2.18. The molecular weight excluding hydrogens is 576 g/mol. The van der Waals surface area contributed by atoms with E-state index in [-0.39, 0.29) is 5.57 Å². The third-order valence-corrected chi connectivity index (χ3v) is 5.85. The van der Waals surface area contributed by atoms with E-state index in [0.717, 1.165) is 10.0 Å². The van der Waals surface area contributed by atoms with Gasteiger partial charge in [-0.1, -0.05) is 28.1 Å². The molecule has 0 heterocycles. The zero-order valence-corrected chi connectivity index (χ0v) is 22.5. The highest BCUT2D eigenvalue weighted by atomic mass is 79.9. The van der Waals surface area contributed by atoms with E-state index in [4.69, 9.17) is 14.2 Å². The van der Waals surface area contributed by atoms with Crippen molar-refractivity contribution in [3.8, 4) is 23.3 Å². The fraction of sp³-hybridized carbons (Fsp3) is 0.185. The molecule has 1 N–H and O–H groups in total. The van der Waals surface area contributed by atoms with Crippen molar-refractivity contribution in [3.05, 3.63) is 86.3 Å². The molecule has 6 nitrogen and oxygen atoms in total. The van der Waals surface area contributed by atoms with Crippen LogP contribution in [0.15, 0.2) is 75.2 Å². The first-order valence-electron chi connectivity index (χ1n) is 10.9. The fourth-order valence-corrected chi connectivity index (χ4v) is 3.95. The largest absolute Gasteiger partial charge is 0.490 e. The van der Waals surface area contributed by atoms with Crippen molar-refractivity contribution in [1.29, 1.82) is 5.26 Å². The number of carbonyl (C=O) groups is 1. The molecule has 0 bridgehead atoms. The van der Waals surface area contributed by atoms with Gasteiger partial charge in [-0.2, -0.15) is 5.26 Å². The highest BCUT2D eigenvalue weighted by Crippen LogP contribution is 2.37. The minimum absolute atomic E-state index is 0.0425. The van der Waals surface area contributed by atoms with Crippen LogP contribution in [0.1, 0.15) is 25.0 Å². The van der Waals surface area contributed by atoms with E-state index in [0.29, 0.717) is 52.8 Å². The molecule has 1 amide bonds. The van der Waals surface area contributed by atoms with Crippen LogP contribution in [0.5, 0.6) is 17.2 Å². The Morgan fingerprint density at radius 2 is 1.66 bits per heavy atom. The van der Waals surface area contributed by atoms with Crippen molar-refractivity contribution in [1.82, 2.24) is 0 Å². The molecule has 3 aromatic carbocycles. The molecule has 0 unspecified atom stereocenters. The van der Waals surface area contributed by atoms with E-state index >= 15 is 0 Å². The normalized spacial score (nSPS) is 10.9. The Balaban J connectivity index is 1.69. The highest BCUT2D eigenvalue weighted by Gasteiger charge is 2.14. The number of nitriles is 1. The third kappa shape index (κ3) is 7.61. The van der Waals surface area contributed by atoms with Gasteiger partial charge >= 0.3 is 0 Å². The molecule has 0 aliphatic rings. The summed E-state index contributed by atoms with van der Waals surface area (Å²) in [5.74, 6) is 1.27. The topological polar surface area (TPSA) is 80.6 Å². The lowest BCUT2D eigenvalue weighted by Crippen LogP contribution is -2.13. The molecule has 3 aromatic rings. The maximum atomic E-state index is 12.7. The van der Waals surface area contributed by atoms with Crippen molar-refractivity contribution in [2.24, 2.45) is 0 Å². The van der Waals surface area contributed by atoms with Gasteiger partial charge in [0.05, 0.1) is 17.7 Å². The standard InChI is InChI=1S/C27H24Br2N2O4/c1-3-33-25-15-19(14-24(29)26(25)34-4-2)13-20(16-30)27(32)31-22-9-11-23(12-10-22)35-17-18-5-7-21(28)8-6-18/h5-15H,3-4,17H2,1-2H3,(H,31,32)/b20-13+. The van der Waals surface area contributed by atoms with E-state index in [1.165, 1.54) is 6.08 Å². The molecule has 0 atom stereocenters. The molecule has 0 aliphatic heterocycles. The minimum Gasteiger partial charge on any atom is -0.490 e. The minimum atomic E-state index is -0.515. The Hall–Kier alpha value is -3.28. The number of benzene rings is 3. The van der Waals surface area contributed by atoms with Crippen molar-refractivity contribution in [2.45, 2.75) is 20.5 Å². The number of nitrogens with one attached hydrogen (secondary N) is 1. The maximum absolute atomic E-state index is 12.7. The summed E-state index contributed by atoms with van der Waals surface area (Å²) in [6, 6.07) is 20.3. The first kappa shape index (κ1) is 26.3. The van der Waals surface area contributed by atoms with E-state index in [9.17, 15) is 10.1 Å². The van der Waals surface area contributed by atoms with E-state index in [2.05, 4.69) is 37.2 Å². The number of anilines is 1. The van der Waals surface area contributed by atoms with Crippen LogP contribution in [0.2, 0.25) is 0 Å². The number of ether oxygens (including phenoxy) is 3. The van der Waals surface area contributed by atoms with Gasteiger partial charge in [0.25, 0.3) is 5.91 Å². The summed E-state index contributed by atoms with van der Waals surface area (Å²) in [4.78, 5) is 12.7. The molecular formula is C27H24Br2N2O4. The zero-order chi connectivity index (χ0) is 25.2. The Labute approximate surface area is 221 Å². The lowest BCUT2D eigenvalue weighted by atomic mass is 10.1. The Kier molecular flexibility index (Phi) is 9.76. The number of carbonyl (C=O) groups excluding carboxylic acids is 1. The summed E-state index contributed by atoms with van der Waals surface area (Å²) < 4.78 is 18.8. The zero-order valence-electron chi connectivity index (χ0n) is 19.3. The first-order chi connectivity index (χ1) is 16.9. The van der Waals surface area contributed by atoms with E-state index in [1.807, 2.05) is 44.2 Å². The number of hydrogen-bond acceptors (Lipinski definition) is 5. The van der Waals surface area contributed by atoms with Crippen LogP contribution in [0.25, 0.3) is 6.08 Å². The molecule has 35 heavy (non-hydrogen) atoms. The van der Waals surface area contributed by atoms with Crippen molar-refractivity contribution in [2.75, 3.05) is 18.5 Å². The van der Waals surface area contributed by atoms with Gasteiger partial charge in [-0.3, -0.25) is 4.79 Å². The summed E-state index contributed by atoms with van der Waals surface area (Å²) >= 11 is 6.89. The quantitative estimate of drug-likeness (QED) is 0.198. The average Bonchev–Trinajstić information content (AvgIpc) is 2.85. The second kappa shape index (κ2) is 13.0. The SMILES string of the molecule is CCOc1cc(/C=C(\C#N)C(=O)Nc2ccc(OCc3ccc(Br)cc3)cc2)cc(Br)c1OCC. The molecule has 0 spiro atoms. The second-order valence-corrected chi connectivity index (χ2v) is 9.03. The van der Waals surface area contributed by atoms with Crippen molar-refractivity contribution >= 4 is 49.5 Å². The Morgan fingerprint density at radius 1 is 0.971 bits per heavy atom. The molecule has 0 saturated carbocycles. The van der Waals surface area contributed by atoms with Gasteiger partial charge in [0.15, 0.2) is 11.5 Å². The molecule has 3 rings (SSSR count). The average molecular weight is 600 g/mol. The molecule has 0 aromatic heterocycles. The van der Waals surface area contributed by atoms with Crippen LogP contribution in [0.4, 0.5) is 5.69 Å². The molecule has 0 aliphatic carbocycles. The van der Waals surface area contributed by atoms with Gasteiger partial charge in [-0.05, 0) is 95.5 Å². The highest BCUT2D eigenvalue weighted by molar-refractivity contribution is 9.10. The summed E-state index contributed by atoms with van der Waals surface area (Å²) in [6.45, 7) is 5.12. The Morgan fingerprint density at radius 3 is 2.29 bits per heavy atom. The lowest BCUT2D eigenvalue weighted by molar-refractivity contribution is -0.112. The fourth-order valence-electron chi connectivity index (χ4n) is 3.11. The van der Waals surface area contributed by atoms with Crippen LogP contribution in [-0.2, 0) is 11.4 Å². The summed E-state index contributed by atoms with van der Waals surface area (Å²) in [6.07, 6.45) is 1.51. The van der Waals surface area contributed by atoms with Gasteiger partial charge in [0.2, 0.25) is 0 Å². The van der Waals surface area contributed by atoms with Gasteiger partial charge < -0.3 is 19.5 Å². The van der Waals surface area contributed by atoms with E-state index in [1.54, 1.807) is 36.4 Å². The van der Waals surface area contributed by atoms with Gasteiger partial charge in [0, 0.05) is 10.2 Å². The number of rotatable bonds is 10. The third-order valence-electron chi connectivity index (χ3n) is 4.73. The predicted molar refractivity (Wildman–Crippen MR) is 144 cm³/mol. The van der Waals surface area contributed by atoms with Crippen LogP contribution in [-0.4, -0.2) is 19.1 Å². The van der Waals surface area contributed by atoms with Crippen molar-refractivity contribution < 1.29 is 19.0 Å². The van der Waals surface area contributed by atoms with Gasteiger partial charge in [-0.25, -0.2) is 0 Å². The molecule has 0 fully saturated rings. The van der Waals surface area contributed by atoms with E-state index < -0.39 is 5.91 Å². The number of halogens is 2. The van der Waals surface area contributed by atoms with Crippen LogP contribution >= 0.6 is 31.9 Å². The van der Waals surface area contributed by atoms with Crippen LogP contribution in [0.3, 0.4) is 0 Å². The molecule has 0 radical (unpaired) electrons. The molecule has 8 heteroatoms. The summed E-state index contributed by atoms with van der Waals surface area (Å²) in [5, 5.41) is 12.3. The van der Waals surface area contributed by atoms with Gasteiger partial charge in [-0.15, -0.1) is 0 Å². The predicted octanol–water partition coefficient (Wildman–Crippen LogP) is 7.13. The molecule has 180 valence electrons. The van der Waals surface area contributed by atoms with Gasteiger partial charge in [0.1, 0.15) is 24.0 Å². The first-order valence-corrected chi connectivity index (χ1v) is 12.5. The molecule has 0 saturated heterocycles. The second-order valence-electron chi connectivity index (χ2n) is 7.26. The lowest BCUT2D eigenvalue weighted by Gasteiger charge is -2.13. The number of hydrogen-bond donors (Lipinski definition) is 1. The summed E-state index contributed by atoms with van der Waals surface area (Å²) in [7, 11) is 0.